The van der Waals surface area contributed by atoms with Crippen molar-refractivity contribution in [2.75, 3.05) is 0 Å². The van der Waals surface area contributed by atoms with Crippen molar-refractivity contribution in [1.29, 1.82) is 0 Å². The maximum absolute atomic E-state index is 6.35. The van der Waals surface area contributed by atoms with Crippen LogP contribution in [0.25, 0.3) is 212 Å². The lowest BCUT2D eigenvalue weighted by atomic mass is 9.90. The maximum Gasteiger partial charge on any atom is 0.182 e. The number of benzene rings is 17. The minimum atomic E-state index is 0.527. The van der Waals surface area contributed by atoms with E-state index in [0.29, 0.717) is 40.6 Å². The number of hydrogen-bond donors (Lipinski definition) is 0. The van der Waals surface area contributed by atoms with E-state index in [-0.39, 0.29) is 0 Å². The second-order valence-corrected chi connectivity index (χ2v) is 31.4. The summed E-state index contributed by atoms with van der Waals surface area (Å²) >= 11 is 0. The average Bonchev–Trinajstić information content (AvgIpc) is 0.745. The van der Waals surface area contributed by atoms with Gasteiger partial charge in [-0.3, -0.25) is 4.98 Å². The standard InChI is InChI=1S/C43H27NO.2C36H22N4O/c1-3-10-28(11-4-1)34-26-39(30-12-5-2-6-13-30)44-40(27-34)32-21-19-29-18-20-31(24-33(29)25-32)35-22-23-42-43-37(35)15-9-16-38(43)36-14-7-8-17-41(36)45-42;1-3-11-23(12-4-1)34-38-35(24-13-5-2-6-14-24)40-36(39-34)30-19-10-18-29(37-30)25-21-22-32-33-27(25)16-9-17-28(33)26-15-7-8-20-31(26)41-32;1-3-10-23(11-4-1)34-38-35(24-12-5-2-6-13-24)40-36(39-34)26-20-25(21-37-22-26)27-18-19-32-33-29(27)15-9-16-30(33)28-14-7-8-17-31(28)41-32/h1-27H;2*1-22H. The van der Waals surface area contributed by atoms with E-state index in [1.165, 1.54) is 44.0 Å². The third-order valence-electron chi connectivity index (χ3n) is 23.6. The molecule has 0 bridgehead atoms. The molecule has 0 N–H and O–H groups in total. The van der Waals surface area contributed by atoms with Crippen LogP contribution in [0.1, 0.15) is 0 Å². The van der Waals surface area contributed by atoms with Gasteiger partial charge >= 0.3 is 0 Å². The molecule has 5 aromatic heterocycles. The lowest BCUT2D eigenvalue weighted by Gasteiger charge is -2.22. The first-order chi connectivity index (χ1) is 62.9. The van der Waals surface area contributed by atoms with Crippen LogP contribution < -0.4 is 14.2 Å². The number of aromatic nitrogens is 9. The van der Waals surface area contributed by atoms with E-state index in [0.717, 1.165) is 162 Å². The molecule has 12 nitrogen and oxygen atoms in total. The van der Waals surface area contributed by atoms with Crippen molar-refractivity contribution < 1.29 is 14.2 Å². The van der Waals surface area contributed by atoms with Gasteiger partial charge in [-0.05, 0) is 162 Å². The molecular formula is C115H71N9O3. The molecule has 0 fully saturated rings. The Labute approximate surface area is 731 Å². The Bertz CT molecular complexity index is 7570. The van der Waals surface area contributed by atoms with Crippen LogP contribution >= 0.6 is 0 Å². The molecule has 12 heteroatoms. The number of rotatable bonds is 12. The summed E-state index contributed by atoms with van der Waals surface area (Å²) in [6, 6.07) is 143. The van der Waals surface area contributed by atoms with Gasteiger partial charge in [0.05, 0.1) is 17.1 Å². The Balaban J connectivity index is 0.000000109. The van der Waals surface area contributed by atoms with Crippen molar-refractivity contribution in [3.63, 3.8) is 0 Å². The van der Waals surface area contributed by atoms with E-state index < -0.39 is 0 Å². The van der Waals surface area contributed by atoms with Crippen LogP contribution in [-0.4, -0.2) is 44.9 Å². The number of hydrogen-bond acceptors (Lipinski definition) is 12. The highest BCUT2D eigenvalue weighted by atomic mass is 16.5. The molecule has 127 heavy (non-hydrogen) atoms. The highest BCUT2D eigenvalue weighted by Gasteiger charge is 2.27. The Kier molecular flexibility index (Phi) is 19.0. The molecule has 22 aromatic rings. The molecule has 0 aliphatic carbocycles. The van der Waals surface area contributed by atoms with Gasteiger partial charge in [0, 0.05) is 95.3 Å². The Morgan fingerprint density at radius 1 is 0.150 bits per heavy atom. The fourth-order valence-electron chi connectivity index (χ4n) is 17.6. The van der Waals surface area contributed by atoms with Crippen molar-refractivity contribution in [3.8, 4) is 203 Å². The highest BCUT2D eigenvalue weighted by Crippen LogP contribution is 2.53. The van der Waals surface area contributed by atoms with Crippen LogP contribution in [0.15, 0.2) is 431 Å². The summed E-state index contributed by atoms with van der Waals surface area (Å²) in [5.74, 6) is 8.85. The molecule has 0 radical (unpaired) electrons. The monoisotopic (exact) mass is 1630 g/mol. The van der Waals surface area contributed by atoms with Gasteiger partial charge < -0.3 is 14.2 Å². The van der Waals surface area contributed by atoms with Gasteiger partial charge in [0.15, 0.2) is 34.9 Å². The van der Waals surface area contributed by atoms with Gasteiger partial charge in [0.2, 0.25) is 0 Å². The van der Waals surface area contributed by atoms with Crippen molar-refractivity contribution >= 4 is 43.1 Å². The van der Waals surface area contributed by atoms with E-state index in [1.807, 2.05) is 219 Å². The van der Waals surface area contributed by atoms with Gasteiger partial charge in [-0.15, -0.1) is 0 Å². The predicted molar refractivity (Wildman–Crippen MR) is 511 cm³/mol. The second-order valence-electron chi connectivity index (χ2n) is 31.4. The van der Waals surface area contributed by atoms with Gasteiger partial charge in [-0.1, -0.05) is 328 Å². The molecule has 0 atom stereocenters. The summed E-state index contributed by atoms with van der Waals surface area (Å²) in [6.07, 6.45) is 3.70. The quantitative estimate of drug-likeness (QED) is 0.115. The van der Waals surface area contributed by atoms with Gasteiger partial charge in [0.25, 0.3) is 0 Å². The Hall–Kier alpha value is -17.4. The number of ether oxygens (including phenoxy) is 3. The van der Waals surface area contributed by atoms with Crippen LogP contribution in [0.5, 0.6) is 34.5 Å². The molecule has 0 amide bonds. The third-order valence-corrected chi connectivity index (χ3v) is 23.6. The van der Waals surface area contributed by atoms with Crippen LogP contribution in [0.2, 0.25) is 0 Å². The number of fused-ring (bicyclic) bond motifs is 7. The summed E-state index contributed by atoms with van der Waals surface area (Å²) < 4.78 is 18.9. The number of para-hydroxylation sites is 3. The molecular weight excluding hydrogens is 1560 g/mol. The average molecular weight is 1630 g/mol. The summed E-state index contributed by atoms with van der Waals surface area (Å²) in [5.41, 5.74) is 24.8. The van der Waals surface area contributed by atoms with E-state index in [4.69, 9.17) is 54.1 Å². The second kappa shape index (κ2) is 32.2. The largest absolute Gasteiger partial charge is 0.456 e. The molecule has 0 saturated carbocycles. The smallest absolute Gasteiger partial charge is 0.182 e. The van der Waals surface area contributed by atoms with Crippen molar-refractivity contribution in [2.24, 2.45) is 0 Å². The van der Waals surface area contributed by atoms with Gasteiger partial charge in [-0.2, -0.15) is 0 Å². The summed E-state index contributed by atoms with van der Waals surface area (Å²) in [7, 11) is 0. The zero-order valence-electron chi connectivity index (χ0n) is 68.2. The molecule has 594 valence electrons. The van der Waals surface area contributed by atoms with Crippen LogP contribution in [0, 0.1) is 0 Å². The minimum Gasteiger partial charge on any atom is -0.456 e. The van der Waals surface area contributed by atoms with E-state index in [1.54, 1.807) is 0 Å². The molecule has 0 unspecified atom stereocenters. The summed E-state index contributed by atoms with van der Waals surface area (Å²) in [4.78, 5) is 44.0. The van der Waals surface area contributed by atoms with Crippen LogP contribution in [-0.2, 0) is 0 Å². The fraction of sp³-hybridized carbons (Fsp3) is 0. The number of pyridine rings is 3. The molecule has 3 aliphatic rings. The van der Waals surface area contributed by atoms with Crippen molar-refractivity contribution in [3.05, 3.63) is 431 Å². The topological polar surface area (TPSA) is 144 Å². The van der Waals surface area contributed by atoms with Crippen LogP contribution in [0.4, 0.5) is 0 Å². The molecule has 0 spiro atoms. The van der Waals surface area contributed by atoms with Gasteiger partial charge in [0.1, 0.15) is 40.2 Å². The zero-order valence-corrected chi connectivity index (χ0v) is 68.2. The lowest BCUT2D eigenvalue weighted by molar-refractivity contribution is 0.487. The molecule has 8 heterocycles. The number of nitrogens with zero attached hydrogens (tertiary/aromatic N) is 9. The van der Waals surface area contributed by atoms with Gasteiger partial charge in [-0.25, -0.2) is 39.9 Å². The molecule has 3 aliphatic heterocycles. The predicted octanol–water partition coefficient (Wildman–Crippen LogP) is 29.5. The minimum absolute atomic E-state index is 0.527. The first-order valence-electron chi connectivity index (χ1n) is 42.3. The summed E-state index contributed by atoms with van der Waals surface area (Å²) in [6.45, 7) is 0. The Morgan fingerprint density at radius 2 is 0.488 bits per heavy atom. The molecule has 25 rings (SSSR count). The first kappa shape index (κ1) is 74.7. The zero-order chi connectivity index (χ0) is 84.1. The van der Waals surface area contributed by atoms with E-state index in [2.05, 4.69) is 217 Å². The van der Waals surface area contributed by atoms with E-state index >= 15 is 0 Å². The maximum atomic E-state index is 6.35. The highest BCUT2D eigenvalue weighted by molar-refractivity contribution is 6.13. The molecule has 0 saturated heterocycles. The normalized spacial score (nSPS) is 11.7. The van der Waals surface area contributed by atoms with Crippen molar-refractivity contribution in [2.45, 2.75) is 0 Å². The SMILES string of the molecule is c1ccc(-c2cc(-c3ccccc3)nc(-c3ccc4ccc(-c5ccc6c7c(cccc57)-c5ccccc5O6)cc4c3)c2)cc1.c1ccc(-c2nc(-c3ccccc3)nc(-c3cccc(-c4ccc5c6c(cccc46)-c4ccccc4O5)n3)n2)cc1.c1ccc(-c2nc(-c3ccccc3)nc(-c3cncc(-c4ccc5c6c(cccc46)-c4ccccc4O5)c3)n2)cc1. The lowest BCUT2D eigenvalue weighted by Crippen LogP contribution is -2.02. The third kappa shape index (κ3) is 14.2. The molecule has 17 aromatic carbocycles. The van der Waals surface area contributed by atoms with Crippen LogP contribution in [0.3, 0.4) is 0 Å². The van der Waals surface area contributed by atoms with E-state index in [9.17, 15) is 0 Å². The Morgan fingerprint density at radius 3 is 0.961 bits per heavy atom. The fourth-order valence-corrected chi connectivity index (χ4v) is 17.6. The summed E-state index contributed by atoms with van der Waals surface area (Å²) in [5, 5.41) is 9.13. The first-order valence-corrected chi connectivity index (χ1v) is 42.3. The van der Waals surface area contributed by atoms with Crippen molar-refractivity contribution in [1.82, 2.24) is 44.9 Å².